The van der Waals surface area contributed by atoms with E-state index in [0.717, 1.165) is 68.6 Å². The first kappa shape index (κ1) is 23.2. The molecule has 2 saturated carbocycles. The molecular weight excluding hydrogens is 445 g/mol. The maximum atomic E-state index is 13.4. The van der Waals surface area contributed by atoms with Gasteiger partial charge in [0.1, 0.15) is 0 Å². The molecule has 0 spiro atoms. The summed E-state index contributed by atoms with van der Waals surface area (Å²) < 4.78 is 40.4. The van der Waals surface area contributed by atoms with Crippen molar-refractivity contribution in [3.05, 3.63) is 34.7 Å². The molecule has 2 atom stereocenters. The first-order valence-corrected chi connectivity index (χ1v) is 13.3. The minimum atomic E-state index is -4.31. The van der Waals surface area contributed by atoms with Crippen molar-refractivity contribution in [1.82, 2.24) is 10.2 Å². The van der Waals surface area contributed by atoms with E-state index in [1.54, 1.807) is 0 Å². The Morgan fingerprint density at radius 1 is 1.12 bits per heavy atom. The predicted octanol–water partition coefficient (Wildman–Crippen LogP) is 6.43. The Morgan fingerprint density at radius 2 is 1.85 bits per heavy atom. The highest BCUT2D eigenvalue weighted by molar-refractivity contribution is 7.17. The molecule has 1 aromatic heterocycles. The Labute approximate surface area is 197 Å². The Hall–Kier alpha value is -1.60. The van der Waals surface area contributed by atoms with Gasteiger partial charge in [-0.15, -0.1) is 11.3 Å². The molecule has 1 aliphatic heterocycles. The van der Waals surface area contributed by atoms with Crippen molar-refractivity contribution in [3.8, 4) is 0 Å². The summed E-state index contributed by atoms with van der Waals surface area (Å²) in [5.74, 6) is 1.97. The van der Waals surface area contributed by atoms with Crippen LogP contribution in [0.1, 0.15) is 68.9 Å². The fourth-order valence-corrected chi connectivity index (χ4v) is 7.05. The third kappa shape index (κ3) is 5.09. The summed E-state index contributed by atoms with van der Waals surface area (Å²) in [5.41, 5.74) is 0.556. The van der Waals surface area contributed by atoms with Crippen LogP contribution in [0.5, 0.6) is 0 Å². The van der Waals surface area contributed by atoms with Gasteiger partial charge in [-0.05, 0) is 98.2 Å². The zero-order valence-corrected chi connectivity index (χ0v) is 20.0. The van der Waals surface area contributed by atoms with Crippen LogP contribution in [0.2, 0.25) is 0 Å². The topological polar surface area (TPSA) is 32.3 Å². The number of benzene rings is 1. The van der Waals surface area contributed by atoms with Crippen LogP contribution in [0.3, 0.4) is 0 Å². The second-order valence-electron chi connectivity index (χ2n) is 10.5. The van der Waals surface area contributed by atoms with E-state index in [1.165, 1.54) is 36.3 Å². The molecule has 0 bridgehead atoms. The van der Waals surface area contributed by atoms with Crippen molar-refractivity contribution in [2.45, 2.75) is 70.0 Å². The number of carbonyl (C=O) groups is 1. The van der Waals surface area contributed by atoms with Crippen LogP contribution in [0, 0.1) is 17.8 Å². The van der Waals surface area contributed by atoms with Gasteiger partial charge in [0.2, 0.25) is 5.91 Å². The normalized spacial score (nSPS) is 29.3. The van der Waals surface area contributed by atoms with Gasteiger partial charge < -0.3 is 10.2 Å². The van der Waals surface area contributed by atoms with E-state index in [1.807, 2.05) is 11.4 Å². The Balaban J connectivity index is 1.12. The maximum absolute atomic E-state index is 13.4. The summed E-state index contributed by atoms with van der Waals surface area (Å²) in [6, 6.07) is 4.91. The van der Waals surface area contributed by atoms with Crippen molar-refractivity contribution in [1.29, 1.82) is 0 Å². The fourth-order valence-electron chi connectivity index (χ4n) is 5.86. The van der Waals surface area contributed by atoms with Crippen molar-refractivity contribution in [3.63, 3.8) is 0 Å². The van der Waals surface area contributed by atoms with Gasteiger partial charge in [0.25, 0.3) is 0 Å². The number of fused-ring (bicyclic) bond motifs is 1. The highest BCUT2D eigenvalue weighted by Crippen LogP contribution is 2.44. The van der Waals surface area contributed by atoms with Crippen LogP contribution in [0.4, 0.5) is 13.2 Å². The Morgan fingerprint density at radius 3 is 2.55 bits per heavy atom. The third-order valence-corrected chi connectivity index (χ3v) is 9.12. The molecule has 2 heterocycles. The van der Waals surface area contributed by atoms with Gasteiger partial charge in [-0.25, -0.2) is 0 Å². The zero-order chi connectivity index (χ0) is 23.2. The smallest absolute Gasteiger partial charge is 0.353 e. The average Bonchev–Trinajstić information content (AvgIpc) is 3.42. The van der Waals surface area contributed by atoms with Gasteiger partial charge in [0, 0.05) is 23.2 Å². The van der Waals surface area contributed by atoms with Gasteiger partial charge in [0.15, 0.2) is 0 Å². The summed E-state index contributed by atoms with van der Waals surface area (Å²) in [5, 5.41) is 6.00. The Kier molecular flexibility index (Phi) is 6.47. The zero-order valence-electron chi connectivity index (χ0n) is 19.2. The molecule has 180 valence electrons. The number of likely N-dealkylation sites (tertiary alicyclic amines) is 1. The third-order valence-electron chi connectivity index (χ3n) is 8.08. The molecule has 3 fully saturated rings. The summed E-state index contributed by atoms with van der Waals surface area (Å²) >= 11 is 1.22. The van der Waals surface area contributed by atoms with Crippen LogP contribution >= 0.6 is 11.3 Å². The molecule has 1 amide bonds. The minimum Gasteiger partial charge on any atom is -0.353 e. The maximum Gasteiger partial charge on any atom is 0.417 e. The number of amides is 1. The molecule has 7 heteroatoms. The SMILES string of the molecule is C[C@H]1CC[C@H](NC(=O)[C@@H]2CC2CN2CCC(c3csc4c(C(F)(F)F)cccc34)CC2)CC1. The lowest BCUT2D eigenvalue weighted by molar-refractivity contribution is -0.136. The number of carbonyl (C=O) groups excluding carboxylic acids is 1. The van der Waals surface area contributed by atoms with Gasteiger partial charge >= 0.3 is 6.18 Å². The van der Waals surface area contributed by atoms with E-state index in [-0.39, 0.29) is 11.8 Å². The average molecular weight is 479 g/mol. The highest BCUT2D eigenvalue weighted by atomic mass is 32.1. The number of alkyl halides is 3. The molecule has 3 nitrogen and oxygen atoms in total. The largest absolute Gasteiger partial charge is 0.417 e. The van der Waals surface area contributed by atoms with E-state index >= 15 is 0 Å². The van der Waals surface area contributed by atoms with Gasteiger partial charge in [0.05, 0.1) is 5.56 Å². The molecule has 0 radical (unpaired) electrons. The van der Waals surface area contributed by atoms with Crippen molar-refractivity contribution in [2.24, 2.45) is 17.8 Å². The lowest BCUT2D eigenvalue weighted by atomic mass is 9.87. The number of piperidine rings is 1. The van der Waals surface area contributed by atoms with Crippen LogP contribution in [-0.2, 0) is 11.0 Å². The number of thiophene rings is 1. The number of hydrogen-bond donors (Lipinski definition) is 1. The lowest BCUT2D eigenvalue weighted by Gasteiger charge is -2.32. The second-order valence-corrected chi connectivity index (χ2v) is 11.4. The predicted molar refractivity (Wildman–Crippen MR) is 126 cm³/mol. The summed E-state index contributed by atoms with van der Waals surface area (Å²) in [7, 11) is 0. The van der Waals surface area contributed by atoms with E-state index in [9.17, 15) is 18.0 Å². The summed E-state index contributed by atoms with van der Waals surface area (Å²) in [4.78, 5) is 15.1. The van der Waals surface area contributed by atoms with Gasteiger partial charge in [-0.3, -0.25) is 4.79 Å². The Bertz CT molecular complexity index is 987. The molecule has 3 aliphatic rings. The number of rotatable bonds is 5. The minimum absolute atomic E-state index is 0.170. The van der Waals surface area contributed by atoms with Crippen LogP contribution in [0.25, 0.3) is 10.1 Å². The molecule has 5 rings (SSSR count). The molecule has 1 unspecified atom stereocenters. The van der Waals surface area contributed by atoms with Crippen LogP contribution < -0.4 is 5.32 Å². The number of halogens is 3. The summed E-state index contributed by atoms with van der Waals surface area (Å²) in [6.07, 6.45) is 3.25. The monoisotopic (exact) mass is 478 g/mol. The number of hydrogen-bond acceptors (Lipinski definition) is 3. The molecule has 2 aliphatic carbocycles. The van der Waals surface area contributed by atoms with Crippen molar-refractivity contribution in [2.75, 3.05) is 19.6 Å². The van der Waals surface area contributed by atoms with Gasteiger partial charge in [-0.1, -0.05) is 19.1 Å². The van der Waals surface area contributed by atoms with Crippen molar-refractivity contribution < 1.29 is 18.0 Å². The van der Waals surface area contributed by atoms with Crippen LogP contribution in [0.15, 0.2) is 23.6 Å². The first-order valence-electron chi connectivity index (χ1n) is 12.4. The van der Waals surface area contributed by atoms with E-state index < -0.39 is 11.7 Å². The van der Waals surface area contributed by atoms with Crippen LogP contribution in [-0.4, -0.2) is 36.5 Å². The standard InChI is InChI=1S/C26H33F3N2OS/c1-16-5-7-19(8-6-16)30-25(32)21-13-18(21)14-31-11-9-17(10-12-31)22-15-33-24-20(22)3-2-4-23(24)26(27,28)29/h2-4,15-19,21H,5-14H2,1H3,(H,30,32)/t16-,18?,19-,21-/m1/s1. The summed E-state index contributed by atoms with van der Waals surface area (Å²) in [6.45, 7) is 5.16. The van der Waals surface area contributed by atoms with E-state index in [0.29, 0.717) is 22.6 Å². The molecule has 33 heavy (non-hydrogen) atoms. The molecular formula is C26H33F3N2OS. The first-order chi connectivity index (χ1) is 15.8. The number of nitrogens with zero attached hydrogens (tertiary/aromatic N) is 1. The quantitative estimate of drug-likeness (QED) is 0.537. The van der Waals surface area contributed by atoms with E-state index in [4.69, 9.17) is 0 Å². The number of nitrogens with one attached hydrogen (secondary N) is 1. The molecule has 1 saturated heterocycles. The fraction of sp³-hybridized carbons (Fsp3) is 0.654. The molecule has 2 aromatic rings. The molecule has 1 N–H and O–H groups in total. The molecule has 1 aromatic carbocycles. The highest BCUT2D eigenvalue weighted by Gasteiger charge is 2.44. The second kappa shape index (κ2) is 9.21. The van der Waals surface area contributed by atoms with Crippen molar-refractivity contribution >= 4 is 27.3 Å². The van der Waals surface area contributed by atoms with E-state index in [2.05, 4.69) is 17.1 Å². The van der Waals surface area contributed by atoms with Gasteiger partial charge in [-0.2, -0.15) is 13.2 Å². The lowest BCUT2D eigenvalue weighted by Crippen LogP contribution is -2.39.